The molecule has 1 aromatic heterocycles. The number of hydrogen-bond donors (Lipinski definition) is 0. The van der Waals surface area contributed by atoms with Crippen LogP contribution in [0.25, 0.3) is 0 Å². The summed E-state index contributed by atoms with van der Waals surface area (Å²) < 4.78 is 10.9. The Labute approximate surface area is 87.8 Å². The van der Waals surface area contributed by atoms with Crippen LogP contribution < -0.4 is 0 Å². The van der Waals surface area contributed by atoms with Gasteiger partial charge in [-0.25, -0.2) is 4.79 Å². The predicted molar refractivity (Wildman–Crippen MR) is 51.8 cm³/mol. The summed E-state index contributed by atoms with van der Waals surface area (Å²) in [7, 11) is 0. The fourth-order valence-electron chi connectivity index (χ4n) is 0.905. The topological polar surface area (TPSA) is 35.5 Å². The first kappa shape index (κ1) is 9.18. The highest BCUT2D eigenvalue weighted by molar-refractivity contribution is 9.10. The quantitative estimate of drug-likeness (QED) is 0.768. The van der Waals surface area contributed by atoms with Crippen molar-refractivity contribution in [3.05, 3.63) is 20.8 Å². The predicted octanol–water partition coefficient (Wildman–Crippen LogP) is 2.41. The Balaban J connectivity index is 1.96. The van der Waals surface area contributed by atoms with E-state index >= 15 is 0 Å². The van der Waals surface area contributed by atoms with E-state index in [0.29, 0.717) is 11.5 Å². The van der Waals surface area contributed by atoms with Crippen LogP contribution in [0.3, 0.4) is 0 Å². The molecule has 0 N–H and O–H groups in total. The molecule has 0 amide bonds. The molecule has 1 saturated heterocycles. The van der Waals surface area contributed by atoms with E-state index < -0.39 is 0 Å². The van der Waals surface area contributed by atoms with E-state index in [1.165, 1.54) is 11.3 Å². The van der Waals surface area contributed by atoms with Gasteiger partial charge in [0.15, 0.2) is 0 Å². The Hall–Kier alpha value is -0.390. The van der Waals surface area contributed by atoms with Crippen molar-refractivity contribution < 1.29 is 14.3 Å². The van der Waals surface area contributed by atoms with Crippen LogP contribution in [0.2, 0.25) is 0 Å². The van der Waals surface area contributed by atoms with Crippen molar-refractivity contribution in [1.82, 2.24) is 0 Å². The molecule has 13 heavy (non-hydrogen) atoms. The lowest BCUT2D eigenvalue weighted by Gasteiger charge is -2.25. The SMILES string of the molecule is O=C(OC1CCO1)c1cc(Br)cs1. The van der Waals surface area contributed by atoms with Gasteiger partial charge in [0.1, 0.15) is 4.88 Å². The number of rotatable bonds is 2. The van der Waals surface area contributed by atoms with Crippen LogP contribution >= 0.6 is 27.3 Å². The minimum atomic E-state index is -0.326. The lowest BCUT2D eigenvalue weighted by atomic mass is 10.3. The van der Waals surface area contributed by atoms with Crippen LogP contribution in [-0.4, -0.2) is 18.9 Å². The van der Waals surface area contributed by atoms with Gasteiger partial charge in [0.2, 0.25) is 6.29 Å². The molecule has 0 radical (unpaired) electrons. The zero-order valence-electron chi connectivity index (χ0n) is 6.66. The Morgan fingerprint density at radius 1 is 1.77 bits per heavy atom. The zero-order chi connectivity index (χ0) is 9.26. The number of thiophene rings is 1. The molecule has 1 aliphatic rings. The second-order valence-electron chi connectivity index (χ2n) is 2.62. The molecule has 1 atom stereocenters. The normalized spacial score (nSPS) is 20.8. The maximum Gasteiger partial charge on any atom is 0.350 e. The van der Waals surface area contributed by atoms with Gasteiger partial charge in [0.05, 0.1) is 6.61 Å². The number of ether oxygens (including phenoxy) is 2. The van der Waals surface area contributed by atoms with Crippen LogP contribution in [0.1, 0.15) is 16.1 Å². The van der Waals surface area contributed by atoms with E-state index in [-0.39, 0.29) is 12.3 Å². The summed E-state index contributed by atoms with van der Waals surface area (Å²) in [6.07, 6.45) is 0.478. The van der Waals surface area contributed by atoms with Gasteiger partial charge in [-0.1, -0.05) is 0 Å². The van der Waals surface area contributed by atoms with Gasteiger partial charge in [0.25, 0.3) is 0 Å². The van der Waals surface area contributed by atoms with Crippen LogP contribution in [0.5, 0.6) is 0 Å². The third-order valence-corrected chi connectivity index (χ3v) is 3.34. The Morgan fingerprint density at radius 2 is 2.54 bits per heavy atom. The van der Waals surface area contributed by atoms with Gasteiger partial charge >= 0.3 is 5.97 Å². The first-order valence-corrected chi connectivity index (χ1v) is 5.49. The molecule has 0 spiro atoms. The lowest BCUT2D eigenvalue weighted by molar-refractivity contribution is -0.184. The largest absolute Gasteiger partial charge is 0.431 e. The molecule has 3 nitrogen and oxygen atoms in total. The van der Waals surface area contributed by atoms with Crippen molar-refractivity contribution in [2.45, 2.75) is 12.7 Å². The van der Waals surface area contributed by atoms with E-state index in [9.17, 15) is 4.79 Å². The zero-order valence-corrected chi connectivity index (χ0v) is 9.06. The second kappa shape index (κ2) is 3.77. The molecule has 0 saturated carbocycles. The highest BCUT2D eigenvalue weighted by atomic mass is 79.9. The minimum absolute atomic E-state index is 0.305. The van der Waals surface area contributed by atoms with Crippen molar-refractivity contribution in [3.8, 4) is 0 Å². The molecule has 1 fully saturated rings. The van der Waals surface area contributed by atoms with Crippen LogP contribution in [0.15, 0.2) is 15.9 Å². The summed E-state index contributed by atoms with van der Waals surface area (Å²) in [6, 6.07) is 1.74. The summed E-state index contributed by atoms with van der Waals surface area (Å²) in [5, 5.41) is 1.85. The highest BCUT2D eigenvalue weighted by Crippen LogP contribution is 2.22. The van der Waals surface area contributed by atoms with Gasteiger partial charge in [-0.05, 0) is 22.0 Å². The Kier molecular flexibility index (Phi) is 2.66. The van der Waals surface area contributed by atoms with Crippen molar-refractivity contribution >= 4 is 33.2 Å². The molecule has 1 aromatic rings. The minimum Gasteiger partial charge on any atom is -0.431 e. The van der Waals surface area contributed by atoms with E-state index in [1.807, 2.05) is 5.38 Å². The monoisotopic (exact) mass is 262 g/mol. The van der Waals surface area contributed by atoms with Crippen molar-refractivity contribution in [2.24, 2.45) is 0 Å². The molecular formula is C8H7BrO3S. The number of carbonyl (C=O) groups excluding carboxylic acids is 1. The molecule has 5 heteroatoms. The van der Waals surface area contributed by atoms with E-state index in [1.54, 1.807) is 6.07 Å². The molecule has 70 valence electrons. The highest BCUT2D eigenvalue weighted by Gasteiger charge is 2.23. The molecule has 0 aromatic carbocycles. The average Bonchev–Trinajstić information content (AvgIpc) is 2.44. The van der Waals surface area contributed by atoms with Crippen LogP contribution in [0, 0.1) is 0 Å². The van der Waals surface area contributed by atoms with Gasteiger partial charge in [-0.3, -0.25) is 0 Å². The molecule has 1 unspecified atom stereocenters. The summed E-state index contributed by atoms with van der Waals surface area (Å²) in [5.74, 6) is -0.305. The van der Waals surface area contributed by atoms with Gasteiger partial charge < -0.3 is 9.47 Å². The molecule has 0 bridgehead atoms. The third kappa shape index (κ3) is 2.10. The van der Waals surface area contributed by atoms with Crippen LogP contribution in [-0.2, 0) is 9.47 Å². The van der Waals surface area contributed by atoms with Crippen molar-refractivity contribution in [2.75, 3.05) is 6.61 Å². The third-order valence-electron chi connectivity index (χ3n) is 1.66. The van der Waals surface area contributed by atoms with E-state index in [4.69, 9.17) is 9.47 Å². The van der Waals surface area contributed by atoms with Gasteiger partial charge in [0, 0.05) is 16.3 Å². The Morgan fingerprint density at radius 3 is 3.00 bits per heavy atom. The fourth-order valence-corrected chi connectivity index (χ4v) is 2.21. The second-order valence-corrected chi connectivity index (χ2v) is 4.45. The first-order chi connectivity index (χ1) is 6.25. The molecule has 1 aliphatic heterocycles. The molecule has 2 rings (SSSR count). The lowest BCUT2D eigenvalue weighted by Crippen LogP contribution is -2.31. The number of esters is 1. The maximum absolute atomic E-state index is 11.3. The van der Waals surface area contributed by atoms with Gasteiger partial charge in [-0.15, -0.1) is 11.3 Å². The molecular weight excluding hydrogens is 256 g/mol. The fraction of sp³-hybridized carbons (Fsp3) is 0.375. The van der Waals surface area contributed by atoms with Gasteiger partial charge in [-0.2, -0.15) is 0 Å². The number of carbonyl (C=O) groups is 1. The van der Waals surface area contributed by atoms with E-state index in [2.05, 4.69) is 15.9 Å². The van der Waals surface area contributed by atoms with Crippen molar-refractivity contribution in [1.29, 1.82) is 0 Å². The van der Waals surface area contributed by atoms with Crippen LogP contribution in [0.4, 0.5) is 0 Å². The van der Waals surface area contributed by atoms with Crippen molar-refractivity contribution in [3.63, 3.8) is 0 Å². The maximum atomic E-state index is 11.3. The summed E-state index contributed by atoms with van der Waals surface area (Å²) >= 11 is 4.63. The summed E-state index contributed by atoms with van der Waals surface area (Å²) in [4.78, 5) is 11.9. The standard InChI is InChI=1S/C8H7BrO3S/c9-5-3-6(13-4-5)8(10)12-7-1-2-11-7/h3-4,7H,1-2H2. The number of hydrogen-bond acceptors (Lipinski definition) is 4. The number of halogens is 1. The summed E-state index contributed by atoms with van der Waals surface area (Å²) in [5.41, 5.74) is 0. The molecule has 0 aliphatic carbocycles. The first-order valence-electron chi connectivity index (χ1n) is 3.82. The molecule has 2 heterocycles. The average molecular weight is 263 g/mol. The summed E-state index contributed by atoms with van der Waals surface area (Å²) in [6.45, 7) is 0.687. The van der Waals surface area contributed by atoms with E-state index in [0.717, 1.165) is 10.9 Å². The Bertz CT molecular complexity index is 319. The smallest absolute Gasteiger partial charge is 0.350 e.